The summed E-state index contributed by atoms with van der Waals surface area (Å²) in [5, 5.41) is 2.96. The first-order chi connectivity index (χ1) is 9.49. The van der Waals surface area contributed by atoms with Crippen LogP contribution in [0.3, 0.4) is 0 Å². The molecule has 0 saturated heterocycles. The number of rotatable bonds is 4. The van der Waals surface area contributed by atoms with Gasteiger partial charge in [0.1, 0.15) is 5.75 Å². The molecule has 108 valence electrons. The molecule has 1 aliphatic carbocycles. The second-order valence-corrected chi connectivity index (χ2v) is 5.73. The van der Waals surface area contributed by atoms with E-state index in [4.69, 9.17) is 22.7 Å². The zero-order chi connectivity index (χ0) is 14.8. The Balaban J connectivity index is 2.21. The van der Waals surface area contributed by atoms with Crippen LogP contribution in [0.1, 0.15) is 31.2 Å². The van der Waals surface area contributed by atoms with E-state index in [1.54, 1.807) is 7.11 Å². The monoisotopic (exact) mass is 292 g/mol. The molecule has 1 amide bonds. The van der Waals surface area contributed by atoms with Crippen molar-refractivity contribution >= 4 is 28.8 Å². The number of anilines is 1. The Labute approximate surface area is 124 Å². The minimum absolute atomic E-state index is 0.0873. The van der Waals surface area contributed by atoms with Crippen molar-refractivity contribution < 1.29 is 9.53 Å². The number of nitrogens with two attached hydrogens (primary N) is 1. The van der Waals surface area contributed by atoms with Crippen LogP contribution in [-0.2, 0) is 4.79 Å². The lowest BCUT2D eigenvalue weighted by atomic mass is 9.85. The highest BCUT2D eigenvalue weighted by atomic mass is 32.1. The van der Waals surface area contributed by atoms with Crippen molar-refractivity contribution in [3.05, 3.63) is 23.8 Å². The number of nitrogens with one attached hydrogen (secondary N) is 1. The van der Waals surface area contributed by atoms with E-state index in [1.165, 1.54) is 0 Å². The topological polar surface area (TPSA) is 64.3 Å². The molecule has 3 N–H and O–H groups in total. The van der Waals surface area contributed by atoms with Crippen LogP contribution in [-0.4, -0.2) is 18.0 Å². The van der Waals surface area contributed by atoms with Gasteiger partial charge in [-0.2, -0.15) is 0 Å². The first-order valence-electron chi connectivity index (χ1n) is 6.75. The van der Waals surface area contributed by atoms with E-state index in [0.29, 0.717) is 4.99 Å². The predicted octanol–water partition coefficient (Wildman–Crippen LogP) is 2.79. The van der Waals surface area contributed by atoms with Crippen LogP contribution < -0.4 is 15.8 Å². The molecule has 1 aromatic rings. The summed E-state index contributed by atoms with van der Waals surface area (Å²) < 4.78 is 5.16. The third-order valence-corrected chi connectivity index (χ3v) is 4.44. The van der Waals surface area contributed by atoms with Gasteiger partial charge >= 0.3 is 0 Å². The quantitative estimate of drug-likeness (QED) is 0.838. The second kappa shape index (κ2) is 5.79. The summed E-state index contributed by atoms with van der Waals surface area (Å²) >= 11 is 5.13. The van der Waals surface area contributed by atoms with Crippen molar-refractivity contribution in [2.45, 2.75) is 32.6 Å². The van der Waals surface area contributed by atoms with E-state index in [1.807, 2.05) is 25.1 Å². The Morgan fingerprint density at radius 2 is 2.05 bits per heavy atom. The summed E-state index contributed by atoms with van der Waals surface area (Å²) in [5.74, 6) is 0.682. The van der Waals surface area contributed by atoms with Gasteiger partial charge in [-0.15, -0.1) is 0 Å². The molecule has 0 unspecified atom stereocenters. The Hall–Kier alpha value is -1.62. The molecule has 0 radical (unpaired) electrons. The van der Waals surface area contributed by atoms with Crippen LogP contribution in [0.15, 0.2) is 18.2 Å². The van der Waals surface area contributed by atoms with Crippen LogP contribution in [0.5, 0.6) is 5.75 Å². The Morgan fingerprint density at radius 1 is 1.40 bits per heavy atom. The number of hydrogen-bond acceptors (Lipinski definition) is 3. The molecule has 1 aliphatic rings. The largest absolute Gasteiger partial charge is 0.497 e. The van der Waals surface area contributed by atoms with Crippen molar-refractivity contribution in [3.8, 4) is 5.75 Å². The third-order valence-electron chi connectivity index (χ3n) is 4.05. The fourth-order valence-corrected chi connectivity index (χ4v) is 3.01. The molecule has 0 atom stereocenters. The van der Waals surface area contributed by atoms with Gasteiger partial charge in [0.05, 0.1) is 17.5 Å². The van der Waals surface area contributed by atoms with Crippen LogP contribution in [0, 0.1) is 12.3 Å². The first-order valence-corrected chi connectivity index (χ1v) is 7.16. The van der Waals surface area contributed by atoms with Gasteiger partial charge in [-0.3, -0.25) is 4.79 Å². The molecule has 0 aromatic heterocycles. The molecule has 1 fully saturated rings. The fraction of sp³-hybridized carbons (Fsp3) is 0.467. The summed E-state index contributed by atoms with van der Waals surface area (Å²) in [6.45, 7) is 1.93. The number of carbonyl (C=O) groups is 1. The molecule has 0 heterocycles. The molecule has 0 bridgehead atoms. The first kappa shape index (κ1) is 14.8. The number of amides is 1. The Kier molecular flexibility index (Phi) is 4.28. The number of aryl methyl sites for hydroxylation is 1. The lowest BCUT2D eigenvalue weighted by Gasteiger charge is -2.26. The maximum absolute atomic E-state index is 12.6. The molecule has 4 nitrogen and oxygen atoms in total. The molecular weight excluding hydrogens is 272 g/mol. The van der Waals surface area contributed by atoms with Crippen LogP contribution in [0.25, 0.3) is 0 Å². The van der Waals surface area contributed by atoms with Crippen molar-refractivity contribution in [3.63, 3.8) is 0 Å². The maximum atomic E-state index is 12.6. The van der Waals surface area contributed by atoms with Crippen molar-refractivity contribution in [1.29, 1.82) is 0 Å². The van der Waals surface area contributed by atoms with E-state index in [-0.39, 0.29) is 5.91 Å². The lowest BCUT2D eigenvalue weighted by molar-refractivity contribution is -0.122. The zero-order valence-corrected chi connectivity index (χ0v) is 12.7. The smallest absolute Gasteiger partial charge is 0.237 e. The van der Waals surface area contributed by atoms with Crippen LogP contribution >= 0.6 is 12.2 Å². The zero-order valence-electron chi connectivity index (χ0n) is 11.9. The summed E-state index contributed by atoms with van der Waals surface area (Å²) in [4.78, 5) is 12.9. The van der Waals surface area contributed by atoms with Gasteiger partial charge in [0, 0.05) is 5.69 Å². The van der Waals surface area contributed by atoms with E-state index in [9.17, 15) is 4.79 Å². The minimum Gasteiger partial charge on any atom is -0.497 e. The van der Waals surface area contributed by atoms with Gasteiger partial charge in [-0.25, -0.2) is 0 Å². The molecule has 2 rings (SSSR count). The molecule has 20 heavy (non-hydrogen) atoms. The van der Waals surface area contributed by atoms with Gasteiger partial charge in [-0.1, -0.05) is 25.1 Å². The van der Waals surface area contributed by atoms with Gasteiger partial charge in [-0.05, 0) is 43.5 Å². The summed E-state index contributed by atoms with van der Waals surface area (Å²) in [5.41, 5.74) is 6.87. The summed E-state index contributed by atoms with van der Waals surface area (Å²) in [7, 11) is 1.62. The van der Waals surface area contributed by atoms with E-state index in [2.05, 4.69) is 5.32 Å². The molecule has 0 spiro atoms. The highest BCUT2D eigenvalue weighted by molar-refractivity contribution is 7.80. The van der Waals surface area contributed by atoms with E-state index >= 15 is 0 Å². The van der Waals surface area contributed by atoms with Gasteiger partial charge in [0.2, 0.25) is 5.91 Å². The highest BCUT2D eigenvalue weighted by Crippen LogP contribution is 2.39. The molecule has 1 aromatic carbocycles. The standard InChI is InChI=1S/C15H20N2O2S/c1-10-9-11(19-2)5-6-12(10)17-14(18)15(13(16)20)7-3-4-8-15/h5-6,9H,3-4,7-8H2,1-2H3,(H2,16,20)(H,17,18). The average Bonchev–Trinajstić information content (AvgIpc) is 2.91. The number of methoxy groups -OCH3 is 1. The number of hydrogen-bond donors (Lipinski definition) is 2. The van der Waals surface area contributed by atoms with E-state index < -0.39 is 5.41 Å². The number of thiocarbonyl (C=S) groups is 1. The number of ether oxygens (including phenoxy) is 1. The summed E-state index contributed by atoms with van der Waals surface area (Å²) in [6.07, 6.45) is 3.46. The predicted molar refractivity (Wildman–Crippen MR) is 84.0 cm³/mol. The Morgan fingerprint density at radius 3 is 2.55 bits per heavy atom. The lowest BCUT2D eigenvalue weighted by Crippen LogP contribution is -2.44. The van der Waals surface area contributed by atoms with Crippen molar-refractivity contribution in [1.82, 2.24) is 0 Å². The average molecular weight is 292 g/mol. The molecule has 5 heteroatoms. The van der Waals surface area contributed by atoms with Crippen LogP contribution in [0.2, 0.25) is 0 Å². The van der Waals surface area contributed by atoms with E-state index in [0.717, 1.165) is 42.7 Å². The van der Waals surface area contributed by atoms with Crippen molar-refractivity contribution in [2.75, 3.05) is 12.4 Å². The fourth-order valence-electron chi connectivity index (χ4n) is 2.71. The molecular formula is C15H20N2O2S. The van der Waals surface area contributed by atoms with Crippen LogP contribution in [0.4, 0.5) is 5.69 Å². The molecule has 0 aliphatic heterocycles. The SMILES string of the molecule is COc1ccc(NC(=O)C2(C(N)=S)CCCC2)c(C)c1. The van der Waals surface area contributed by atoms with Gasteiger partial charge < -0.3 is 15.8 Å². The van der Waals surface area contributed by atoms with Gasteiger partial charge in [0.15, 0.2) is 0 Å². The van der Waals surface area contributed by atoms with Gasteiger partial charge in [0.25, 0.3) is 0 Å². The second-order valence-electron chi connectivity index (χ2n) is 5.29. The Bertz CT molecular complexity index is 537. The number of carbonyl (C=O) groups excluding carboxylic acids is 1. The van der Waals surface area contributed by atoms with Crippen molar-refractivity contribution in [2.24, 2.45) is 11.1 Å². The summed E-state index contributed by atoms with van der Waals surface area (Å²) in [6, 6.07) is 5.55. The third kappa shape index (κ3) is 2.63. The normalized spacial score (nSPS) is 16.7. The highest BCUT2D eigenvalue weighted by Gasteiger charge is 2.44. The number of benzene rings is 1. The molecule has 1 saturated carbocycles. The maximum Gasteiger partial charge on any atom is 0.237 e. The minimum atomic E-state index is -0.679.